The molecule has 2 rings (SSSR count). The van der Waals surface area contributed by atoms with Crippen LogP contribution in [0.1, 0.15) is 33.3 Å². The average Bonchev–Trinajstić information content (AvgIpc) is 2.98. The Morgan fingerprint density at radius 3 is 2.76 bits per heavy atom. The molecule has 21 heavy (non-hydrogen) atoms. The van der Waals surface area contributed by atoms with Crippen molar-refractivity contribution in [3.05, 3.63) is 57.3 Å². The van der Waals surface area contributed by atoms with E-state index in [1.807, 2.05) is 35.7 Å². The van der Waals surface area contributed by atoms with Crippen LogP contribution < -0.4 is 5.32 Å². The topological polar surface area (TPSA) is 49.3 Å². The van der Waals surface area contributed by atoms with Crippen molar-refractivity contribution in [1.82, 2.24) is 5.32 Å². The van der Waals surface area contributed by atoms with Gasteiger partial charge in [-0.1, -0.05) is 30.9 Å². The van der Waals surface area contributed by atoms with Gasteiger partial charge in [-0.25, -0.2) is 0 Å². The van der Waals surface area contributed by atoms with Crippen LogP contribution in [-0.4, -0.2) is 17.6 Å². The van der Waals surface area contributed by atoms with Crippen molar-refractivity contribution in [2.45, 2.75) is 19.9 Å². The molecule has 0 atom stereocenters. The highest BCUT2D eigenvalue weighted by molar-refractivity contribution is 7.10. The molecule has 0 aliphatic rings. The van der Waals surface area contributed by atoms with Crippen molar-refractivity contribution in [1.29, 1.82) is 0 Å². The maximum Gasteiger partial charge on any atom is 0.251 e. The number of carbonyl (C=O) groups excluding carboxylic acids is 1. The minimum absolute atomic E-state index is 0.0750. The number of hydrogen-bond acceptors (Lipinski definition) is 3. The first-order valence-corrected chi connectivity index (χ1v) is 7.65. The zero-order valence-electron chi connectivity index (χ0n) is 11.8. The molecule has 0 fully saturated rings. The summed E-state index contributed by atoms with van der Waals surface area (Å²) < 4.78 is 0. The lowest BCUT2D eigenvalue weighted by Gasteiger charge is -2.04. The van der Waals surface area contributed by atoms with Gasteiger partial charge in [0.05, 0.1) is 6.54 Å². The smallest absolute Gasteiger partial charge is 0.251 e. The van der Waals surface area contributed by atoms with Crippen molar-refractivity contribution < 1.29 is 9.90 Å². The lowest BCUT2D eigenvalue weighted by molar-refractivity contribution is 0.0951. The fourth-order valence-corrected chi connectivity index (χ4v) is 2.60. The number of rotatable bonds is 4. The van der Waals surface area contributed by atoms with Crippen LogP contribution in [0.2, 0.25) is 0 Å². The van der Waals surface area contributed by atoms with Crippen molar-refractivity contribution in [3.63, 3.8) is 0 Å². The highest BCUT2D eigenvalue weighted by Crippen LogP contribution is 2.14. The van der Waals surface area contributed by atoms with Crippen LogP contribution in [0.4, 0.5) is 0 Å². The van der Waals surface area contributed by atoms with Crippen LogP contribution in [-0.2, 0) is 13.0 Å². The van der Waals surface area contributed by atoms with E-state index in [-0.39, 0.29) is 12.5 Å². The molecule has 1 amide bonds. The largest absolute Gasteiger partial charge is 0.384 e. The van der Waals surface area contributed by atoms with Gasteiger partial charge in [0.2, 0.25) is 0 Å². The summed E-state index contributed by atoms with van der Waals surface area (Å²) in [5.74, 6) is 5.37. The lowest BCUT2D eigenvalue weighted by atomic mass is 10.1. The van der Waals surface area contributed by atoms with Crippen molar-refractivity contribution >= 4 is 17.2 Å². The van der Waals surface area contributed by atoms with E-state index in [0.717, 1.165) is 16.9 Å². The molecular formula is C17H17NO2S. The highest BCUT2D eigenvalue weighted by atomic mass is 32.1. The van der Waals surface area contributed by atoms with Crippen LogP contribution in [0, 0.1) is 11.8 Å². The van der Waals surface area contributed by atoms with E-state index in [1.54, 1.807) is 11.3 Å². The molecule has 0 radical (unpaired) electrons. The number of hydrogen-bond donors (Lipinski definition) is 2. The minimum atomic E-state index is -0.143. The summed E-state index contributed by atoms with van der Waals surface area (Å²) in [6.07, 6.45) is 0.967. The number of aryl methyl sites for hydroxylation is 1. The van der Waals surface area contributed by atoms with Crippen LogP contribution >= 0.6 is 11.3 Å². The molecule has 0 spiro atoms. The summed E-state index contributed by atoms with van der Waals surface area (Å²) in [6.45, 7) is 2.43. The number of nitrogens with one attached hydrogen (secondary N) is 1. The minimum Gasteiger partial charge on any atom is -0.384 e. The Morgan fingerprint density at radius 1 is 1.33 bits per heavy atom. The maximum atomic E-state index is 12.0. The predicted octanol–water partition coefficient (Wildman–Crippen LogP) is 2.58. The first-order valence-electron chi connectivity index (χ1n) is 6.77. The molecule has 0 bridgehead atoms. The number of amides is 1. The first kappa shape index (κ1) is 15.3. The van der Waals surface area contributed by atoms with Crippen molar-refractivity contribution in [2.24, 2.45) is 0 Å². The summed E-state index contributed by atoms with van der Waals surface area (Å²) >= 11 is 1.54. The zero-order chi connectivity index (χ0) is 15.1. The van der Waals surface area contributed by atoms with Gasteiger partial charge in [-0.05, 0) is 30.2 Å². The molecule has 2 N–H and O–H groups in total. The molecule has 108 valence electrons. The summed E-state index contributed by atoms with van der Waals surface area (Å²) in [5, 5.41) is 13.5. The van der Waals surface area contributed by atoms with E-state index in [2.05, 4.69) is 24.1 Å². The fourth-order valence-electron chi connectivity index (χ4n) is 1.84. The van der Waals surface area contributed by atoms with Gasteiger partial charge in [-0.2, -0.15) is 0 Å². The lowest BCUT2D eigenvalue weighted by Crippen LogP contribution is -2.22. The van der Waals surface area contributed by atoms with Gasteiger partial charge in [0.25, 0.3) is 5.91 Å². The van der Waals surface area contributed by atoms with Gasteiger partial charge < -0.3 is 10.4 Å². The molecule has 0 aliphatic carbocycles. The van der Waals surface area contributed by atoms with Gasteiger partial charge in [-0.3, -0.25) is 4.79 Å². The third-order valence-electron chi connectivity index (χ3n) is 3.01. The maximum absolute atomic E-state index is 12.0. The average molecular weight is 299 g/mol. The van der Waals surface area contributed by atoms with E-state index >= 15 is 0 Å². The Balaban J connectivity index is 1.92. The van der Waals surface area contributed by atoms with E-state index in [9.17, 15) is 4.79 Å². The van der Waals surface area contributed by atoms with Gasteiger partial charge in [0, 0.05) is 21.4 Å². The molecule has 0 unspecified atom stereocenters. The van der Waals surface area contributed by atoms with Crippen LogP contribution in [0.3, 0.4) is 0 Å². The Labute approximate surface area is 128 Å². The molecule has 1 aromatic carbocycles. The Kier molecular flexibility index (Phi) is 5.56. The monoisotopic (exact) mass is 299 g/mol. The van der Waals surface area contributed by atoms with Crippen molar-refractivity contribution in [2.75, 3.05) is 6.61 Å². The first-order chi connectivity index (χ1) is 10.2. The van der Waals surface area contributed by atoms with Crippen LogP contribution in [0.5, 0.6) is 0 Å². The van der Waals surface area contributed by atoms with E-state index in [4.69, 9.17) is 5.11 Å². The predicted molar refractivity (Wildman–Crippen MR) is 85.3 cm³/mol. The summed E-state index contributed by atoms with van der Waals surface area (Å²) in [7, 11) is 0. The number of aliphatic hydroxyl groups excluding tert-OH is 1. The molecular weight excluding hydrogens is 282 g/mol. The summed E-state index contributed by atoms with van der Waals surface area (Å²) in [4.78, 5) is 13.1. The van der Waals surface area contributed by atoms with Gasteiger partial charge in [0.1, 0.15) is 6.61 Å². The molecule has 1 heterocycles. The second-order valence-corrected chi connectivity index (χ2v) is 5.49. The normalized spacial score (nSPS) is 9.81. The summed E-state index contributed by atoms with van der Waals surface area (Å²) in [6, 6.07) is 9.57. The number of aliphatic hydroxyl groups is 1. The van der Waals surface area contributed by atoms with E-state index < -0.39 is 0 Å². The zero-order valence-corrected chi connectivity index (χ0v) is 12.7. The number of benzene rings is 1. The quantitative estimate of drug-likeness (QED) is 0.853. The fraction of sp³-hybridized carbons (Fsp3) is 0.235. The van der Waals surface area contributed by atoms with Gasteiger partial charge in [0.15, 0.2) is 0 Å². The van der Waals surface area contributed by atoms with Crippen molar-refractivity contribution in [3.8, 4) is 11.8 Å². The molecule has 3 nitrogen and oxygen atoms in total. The van der Waals surface area contributed by atoms with Crippen LogP contribution in [0.25, 0.3) is 0 Å². The van der Waals surface area contributed by atoms with E-state index in [1.165, 1.54) is 5.56 Å². The molecule has 1 aromatic heterocycles. The third-order valence-corrected chi connectivity index (χ3v) is 3.95. The second kappa shape index (κ2) is 7.63. The Morgan fingerprint density at radius 2 is 2.10 bits per heavy atom. The molecule has 2 aromatic rings. The summed E-state index contributed by atoms with van der Waals surface area (Å²) in [5.41, 5.74) is 2.76. The van der Waals surface area contributed by atoms with Gasteiger partial charge in [-0.15, -0.1) is 11.3 Å². The number of thiophene rings is 1. The highest BCUT2D eigenvalue weighted by Gasteiger charge is 2.06. The second-order valence-electron chi connectivity index (χ2n) is 4.49. The number of carbonyl (C=O) groups is 1. The Bertz CT molecular complexity index is 662. The Hall–Kier alpha value is -2.09. The molecule has 4 heteroatoms. The molecule has 0 saturated heterocycles. The van der Waals surface area contributed by atoms with Crippen LogP contribution in [0.15, 0.2) is 35.7 Å². The molecule has 0 aliphatic heterocycles. The standard InChI is InChI=1S/C17H17NO2S/c1-2-13-5-7-15(8-6-13)17(20)18-11-16-10-14(12-21-16)4-3-9-19/h5-8,10,12,19H,2,9,11H2,1H3,(H,18,20). The SMILES string of the molecule is CCc1ccc(C(=O)NCc2cc(C#CCO)cs2)cc1. The van der Waals surface area contributed by atoms with E-state index in [0.29, 0.717) is 12.1 Å². The third kappa shape index (κ3) is 4.45. The van der Waals surface area contributed by atoms with Gasteiger partial charge >= 0.3 is 0 Å². The molecule has 0 saturated carbocycles.